The monoisotopic (exact) mass is 487 g/mol. The predicted octanol–water partition coefficient (Wildman–Crippen LogP) is 4.73. The summed E-state index contributed by atoms with van der Waals surface area (Å²) in [7, 11) is 0. The molecule has 3 aromatic rings. The Balaban J connectivity index is 1.33. The molecule has 1 aliphatic rings. The SMILES string of the molecule is CC(F)(F)CCC1(O)CCN(C(=O)c2ccc(NSc3cccc4nc(N)cnc34)cc2)CC1. The van der Waals surface area contributed by atoms with Gasteiger partial charge in [-0.3, -0.25) is 4.79 Å². The zero-order valence-corrected chi connectivity index (χ0v) is 19.6. The van der Waals surface area contributed by atoms with Crippen LogP contribution in [0.25, 0.3) is 11.0 Å². The van der Waals surface area contributed by atoms with Crippen LogP contribution in [0, 0.1) is 0 Å². The maximum Gasteiger partial charge on any atom is 0.253 e. The fraction of sp³-hybridized carbons (Fsp3) is 0.375. The summed E-state index contributed by atoms with van der Waals surface area (Å²) >= 11 is 1.39. The molecular weight excluding hydrogens is 460 g/mol. The number of nitrogens with zero attached hydrogens (tertiary/aromatic N) is 3. The van der Waals surface area contributed by atoms with Gasteiger partial charge in [0, 0.05) is 30.8 Å². The highest BCUT2D eigenvalue weighted by Gasteiger charge is 2.36. The van der Waals surface area contributed by atoms with Crippen molar-refractivity contribution in [1.29, 1.82) is 0 Å². The van der Waals surface area contributed by atoms with Crippen molar-refractivity contribution in [3.05, 3.63) is 54.2 Å². The first kappa shape index (κ1) is 24.2. The van der Waals surface area contributed by atoms with Gasteiger partial charge in [-0.15, -0.1) is 0 Å². The summed E-state index contributed by atoms with van der Waals surface area (Å²) in [5.74, 6) is -2.57. The number of nitrogens with one attached hydrogen (secondary N) is 1. The summed E-state index contributed by atoms with van der Waals surface area (Å²) < 4.78 is 29.5. The molecule has 10 heteroatoms. The number of aliphatic hydroxyl groups is 1. The number of carbonyl (C=O) groups excluding carboxylic acids is 1. The molecule has 1 saturated heterocycles. The molecule has 0 radical (unpaired) electrons. The maximum absolute atomic E-state index is 13.1. The first-order chi connectivity index (χ1) is 16.1. The Labute approximate surface area is 200 Å². The summed E-state index contributed by atoms with van der Waals surface area (Å²) in [5.41, 5.74) is 7.37. The van der Waals surface area contributed by atoms with Gasteiger partial charge in [0.1, 0.15) is 11.3 Å². The highest BCUT2D eigenvalue weighted by molar-refractivity contribution is 8.00. The standard InChI is InChI=1S/C24H27F2N5O2S/c1-23(25,26)9-10-24(33)11-13-31(14-12-24)22(32)16-5-7-17(8-6-16)30-34-19-4-2-3-18-21(19)28-15-20(27)29-18/h2-8,15,30,33H,9-14H2,1H3,(H2,27,29). The number of anilines is 2. The number of carbonyl (C=O) groups is 1. The quantitative estimate of drug-likeness (QED) is 0.414. The molecule has 1 fully saturated rings. The third kappa shape index (κ3) is 5.92. The summed E-state index contributed by atoms with van der Waals surface area (Å²) in [6.45, 7) is 1.54. The van der Waals surface area contributed by atoms with E-state index in [1.807, 2.05) is 30.3 Å². The minimum atomic E-state index is -2.80. The van der Waals surface area contributed by atoms with Crippen LogP contribution in [0.15, 0.2) is 53.6 Å². The van der Waals surface area contributed by atoms with Gasteiger partial charge in [0.2, 0.25) is 5.92 Å². The fourth-order valence-electron chi connectivity index (χ4n) is 3.92. The molecule has 0 atom stereocenters. The number of likely N-dealkylation sites (tertiary alicyclic amines) is 1. The topological polar surface area (TPSA) is 104 Å². The lowest BCUT2D eigenvalue weighted by atomic mass is 9.86. The van der Waals surface area contributed by atoms with Crippen molar-refractivity contribution >= 4 is 40.4 Å². The molecule has 1 aromatic heterocycles. The third-order valence-electron chi connectivity index (χ3n) is 5.97. The van der Waals surface area contributed by atoms with E-state index in [-0.39, 0.29) is 18.7 Å². The highest BCUT2D eigenvalue weighted by atomic mass is 32.2. The first-order valence-electron chi connectivity index (χ1n) is 11.1. The van der Waals surface area contributed by atoms with Gasteiger partial charge in [-0.2, -0.15) is 0 Å². The Bertz CT molecular complexity index is 1160. The number of hydrogen-bond acceptors (Lipinski definition) is 7. The lowest BCUT2D eigenvalue weighted by molar-refractivity contribution is -0.0570. The Morgan fingerprint density at radius 2 is 1.94 bits per heavy atom. The lowest BCUT2D eigenvalue weighted by Crippen LogP contribution is -2.47. The largest absolute Gasteiger partial charge is 0.390 e. The summed E-state index contributed by atoms with van der Waals surface area (Å²) in [6.07, 6.45) is 1.79. The summed E-state index contributed by atoms with van der Waals surface area (Å²) in [6, 6.07) is 12.8. The van der Waals surface area contributed by atoms with Crippen LogP contribution in [0.4, 0.5) is 20.3 Å². The van der Waals surface area contributed by atoms with Crippen LogP contribution in [-0.2, 0) is 0 Å². The molecule has 0 saturated carbocycles. The van der Waals surface area contributed by atoms with Gasteiger partial charge in [-0.25, -0.2) is 18.7 Å². The summed E-state index contributed by atoms with van der Waals surface area (Å²) in [4.78, 5) is 24.1. The number of amides is 1. The Morgan fingerprint density at radius 1 is 1.24 bits per heavy atom. The van der Waals surface area contributed by atoms with Gasteiger partial charge in [0.05, 0.1) is 22.2 Å². The lowest BCUT2D eigenvalue weighted by Gasteiger charge is -2.38. The van der Waals surface area contributed by atoms with Crippen molar-refractivity contribution in [3.8, 4) is 0 Å². The zero-order chi connectivity index (χ0) is 24.3. The number of rotatable bonds is 7. The van der Waals surface area contributed by atoms with Gasteiger partial charge in [-0.1, -0.05) is 6.07 Å². The zero-order valence-electron chi connectivity index (χ0n) is 18.8. The molecule has 0 unspecified atom stereocenters. The maximum atomic E-state index is 13.1. The van der Waals surface area contributed by atoms with Gasteiger partial charge in [0.15, 0.2) is 0 Å². The number of benzene rings is 2. The molecule has 1 amide bonds. The predicted molar refractivity (Wildman–Crippen MR) is 130 cm³/mol. The van der Waals surface area contributed by atoms with E-state index in [2.05, 4.69) is 14.7 Å². The van der Waals surface area contributed by atoms with E-state index in [9.17, 15) is 18.7 Å². The normalized spacial score (nSPS) is 15.9. The second-order valence-corrected chi connectivity index (χ2v) is 9.64. The minimum absolute atomic E-state index is 0.0340. The number of aromatic nitrogens is 2. The van der Waals surface area contributed by atoms with Crippen LogP contribution in [0.3, 0.4) is 0 Å². The van der Waals surface area contributed by atoms with E-state index in [4.69, 9.17) is 5.73 Å². The molecule has 0 spiro atoms. The second-order valence-electron chi connectivity index (χ2n) is 8.79. The smallest absolute Gasteiger partial charge is 0.253 e. The molecular formula is C24H27F2N5O2S. The highest BCUT2D eigenvalue weighted by Crippen LogP contribution is 2.32. The minimum Gasteiger partial charge on any atom is -0.390 e. The van der Waals surface area contributed by atoms with Gasteiger partial charge in [0.25, 0.3) is 5.91 Å². The molecule has 2 heterocycles. The molecule has 2 aromatic carbocycles. The van der Waals surface area contributed by atoms with Crippen molar-refractivity contribution in [2.45, 2.75) is 49.0 Å². The van der Waals surface area contributed by atoms with Crippen molar-refractivity contribution in [1.82, 2.24) is 14.9 Å². The van der Waals surface area contributed by atoms with Crippen LogP contribution >= 0.6 is 11.9 Å². The molecule has 7 nitrogen and oxygen atoms in total. The van der Waals surface area contributed by atoms with E-state index < -0.39 is 11.5 Å². The van der Waals surface area contributed by atoms with Crippen molar-refractivity contribution in [2.75, 3.05) is 23.5 Å². The number of fused-ring (bicyclic) bond motifs is 1. The number of hydrogen-bond donors (Lipinski definition) is 3. The van der Waals surface area contributed by atoms with Gasteiger partial charge >= 0.3 is 0 Å². The van der Waals surface area contributed by atoms with Crippen molar-refractivity contribution in [3.63, 3.8) is 0 Å². The molecule has 180 valence electrons. The molecule has 4 rings (SSSR count). The van der Waals surface area contributed by atoms with Gasteiger partial charge in [-0.05, 0) is 74.5 Å². The van der Waals surface area contributed by atoms with Crippen molar-refractivity contribution in [2.24, 2.45) is 0 Å². The second kappa shape index (κ2) is 9.71. The fourth-order valence-corrected chi connectivity index (χ4v) is 4.68. The summed E-state index contributed by atoms with van der Waals surface area (Å²) in [5, 5.41) is 10.6. The first-order valence-corrected chi connectivity index (χ1v) is 11.9. The number of para-hydroxylation sites is 1. The van der Waals surface area contributed by atoms with Crippen LogP contribution in [0.1, 0.15) is 43.0 Å². The molecule has 0 aliphatic carbocycles. The Hall–Kier alpha value is -2.98. The molecule has 4 N–H and O–H groups in total. The molecule has 1 aliphatic heterocycles. The average Bonchev–Trinajstić information content (AvgIpc) is 2.81. The third-order valence-corrected chi connectivity index (χ3v) is 6.86. The number of alkyl halides is 2. The number of nitrogens with two attached hydrogens (primary N) is 1. The van der Waals surface area contributed by atoms with Crippen LogP contribution in [0.2, 0.25) is 0 Å². The van der Waals surface area contributed by atoms with Crippen molar-refractivity contribution < 1.29 is 18.7 Å². The van der Waals surface area contributed by atoms with E-state index in [1.54, 1.807) is 17.0 Å². The van der Waals surface area contributed by atoms with E-state index in [1.165, 1.54) is 18.1 Å². The van der Waals surface area contributed by atoms with Gasteiger partial charge < -0.3 is 20.5 Å². The Kier molecular flexibility index (Phi) is 6.90. The van der Waals surface area contributed by atoms with E-state index in [0.717, 1.165) is 23.0 Å². The van der Waals surface area contributed by atoms with Crippen LogP contribution in [0.5, 0.6) is 0 Å². The Morgan fingerprint density at radius 3 is 2.62 bits per heavy atom. The van der Waals surface area contributed by atoms with E-state index in [0.29, 0.717) is 42.8 Å². The number of piperidine rings is 1. The van der Waals surface area contributed by atoms with Crippen LogP contribution in [-0.4, -0.2) is 50.5 Å². The molecule has 34 heavy (non-hydrogen) atoms. The average molecular weight is 488 g/mol. The number of nitrogen functional groups attached to an aromatic ring is 1. The molecule has 0 bridgehead atoms. The number of halogens is 2. The van der Waals surface area contributed by atoms with E-state index >= 15 is 0 Å². The van der Waals surface area contributed by atoms with Crippen LogP contribution < -0.4 is 10.5 Å².